The van der Waals surface area contributed by atoms with Crippen molar-refractivity contribution in [2.45, 2.75) is 63.9 Å². The van der Waals surface area contributed by atoms with Crippen LogP contribution in [0.15, 0.2) is 48.5 Å². The molecule has 6 rings (SSSR count). The smallest absolute Gasteiger partial charge is 0.309 e. The highest BCUT2D eigenvalue weighted by molar-refractivity contribution is 7.12. The predicted molar refractivity (Wildman–Crippen MR) is 146 cm³/mol. The fourth-order valence-electron chi connectivity index (χ4n) is 4.60. The van der Waals surface area contributed by atoms with Gasteiger partial charge in [0.25, 0.3) is 0 Å². The quantitative estimate of drug-likeness (QED) is 0.293. The average Bonchev–Trinajstić information content (AvgIpc) is 3.41. The van der Waals surface area contributed by atoms with Crippen LogP contribution in [0.5, 0.6) is 5.75 Å². The number of rotatable bonds is 6. The van der Waals surface area contributed by atoms with Crippen LogP contribution >= 0.6 is 22.9 Å². The molecule has 1 atom stereocenters. The van der Waals surface area contributed by atoms with Gasteiger partial charge in [0.05, 0.1) is 32.9 Å². The minimum atomic E-state index is -1.05. The van der Waals surface area contributed by atoms with Gasteiger partial charge in [0, 0.05) is 15.3 Å². The average molecular weight is 524 g/mol. The van der Waals surface area contributed by atoms with Gasteiger partial charge in [-0.05, 0) is 100 Å². The molecule has 0 bridgehead atoms. The molecule has 1 N–H and O–H groups in total. The topological polar surface area (TPSA) is 43.6 Å². The summed E-state index contributed by atoms with van der Waals surface area (Å²) in [5.41, 5.74) is 0.932. The van der Waals surface area contributed by atoms with Crippen LogP contribution in [0.1, 0.15) is 62.4 Å². The second kappa shape index (κ2) is 8.35. The summed E-state index contributed by atoms with van der Waals surface area (Å²) in [6.07, 6.45) is 2.06. The van der Waals surface area contributed by atoms with Crippen LogP contribution < -0.4 is 10.2 Å². The third-order valence-corrected chi connectivity index (χ3v) is 9.10. The molecule has 0 radical (unpaired) electrons. The first-order valence-electron chi connectivity index (χ1n) is 12.3. The van der Waals surface area contributed by atoms with Crippen molar-refractivity contribution in [3.05, 3.63) is 69.1 Å². The minimum Gasteiger partial charge on any atom is -0.464 e. The lowest BCUT2D eigenvalue weighted by Gasteiger charge is -2.37. The van der Waals surface area contributed by atoms with Crippen LogP contribution in [-0.2, 0) is 4.65 Å². The molecule has 1 saturated carbocycles. The van der Waals surface area contributed by atoms with E-state index in [2.05, 4.69) is 16.7 Å². The van der Waals surface area contributed by atoms with Gasteiger partial charge in [0.2, 0.25) is 6.23 Å². The number of fused-ring (bicyclic) bond motifs is 5. The molecule has 0 saturated heterocycles. The molecule has 1 fully saturated rings. The molecule has 1 aliphatic carbocycles. The van der Waals surface area contributed by atoms with Crippen molar-refractivity contribution in [2.75, 3.05) is 0 Å². The van der Waals surface area contributed by atoms with Gasteiger partial charge < -0.3 is 14.5 Å². The number of nitrogens with zero attached hydrogens (tertiary/aromatic N) is 1. The van der Waals surface area contributed by atoms with Gasteiger partial charge in [0.15, 0.2) is 0 Å². The predicted octanol–water partition coefficient (Wildman–Crippen LogP) is 6.52. The van der Waals surface area contributed by atoms with Gasteiger partial charge in [-0.1, -0.05) is 11.6 Å². The zero-order valence-electron chi connectivity index (χ0n) is 20.8. The van der Waals surface area contributed by atoms with E-state index in [1.54, 1.807) is 25.2 Å². The largest absolute Gasteiger partial charge is 0.464 e. The summed E-state index contributed by atoms with van der Waals surface area (Å²) in [6.45, 7) is 7.06. The first-order chi connectivity index (χ1) is 17.0. The van der Waals surface area contributed by atoms with E-state index in [-0.39, 0.29) is 13.3 Å². The summed E-state index contributed by atoms with van der Waals surface area (Å²) in [5, 5.41) is 12.0. The Morgan fingerprint density at radius 3 is 2.56 bits per heavy atom. The van der Waals surface area contributed by atoms with E-state index in [1.165, 1.54) is 23.8 Å². The first-order valence-corrected chi connectivity index (χ1v) is 13.5. The number of thiophene rings is 1. The van der Waals surface area contributed by atoms with Crippen molar-refractivity contribution in [3.63, 3.8) is 0 Å². The number of hydrogen-bond donors (Lipinski definition) is 1. The Labute approximate surface area is 219 Å². The van der Waals surface area contributed by atoms with Crippen LogP contribution in [0.3, 0.4) is 0 Å². The molecule has 2 aliphatic rings. The highest BCUT2D eigenvalue weighted by Crippen LogP contribution is 2.49. The Bertz CT molecular complexity index is 1480. The molecule has 0 spiro atoms. The maximum absolute atomic E-state index is 15.7. The third-order valence-electron chi connectivity index (χ3n) is 7.59. The van der Waals surface area contributed by atoms with Crippen molar-refractivity contribution < 1.29 is 18.9 Å². The molecule has 1 unspecified atom stereocenters. The van der Waals surface area contributed by atoms with E-state index < -0.39 is 17.4 Å². The number of halogens is 2. The van der Waals surface area contributed by atoms with Crippen molar-refractivity contribution in [1.82, 2.24) is 4.57 Å². The highest BCUT2D eigenvalue weighted by atomic mass is 35.5. The molecule has 4 nitrogen and oxygen atoms in total. The van der Waals surface area contributed by atoms with E-state index in [0.29, 0.717) is 27.7 Å². The van der Waals surface area contributed by atoms with Gasteiger partial charge in [-0.3, -0.25) is 4.57 Å². The second-order valence-corrected chi connectivity index (χ2v) is 12.5. The van der Waals surface area contributed by atoms with E-state index >= 15 is 4.39 Å². The molecule has 2 aromatic heterocycles. The van der Waals surface area contributed by atoms with Crippen LogP contribution in [0.25, 0.3) is 22.2 Å². The summed E-state index contributed by atoms with van der Waals surface area (Å²) < 4.78 is 30.4. The van der Waals surface area contributed by atoms with Gasteiger partial charge in [-0.25, -0.2) is 4.39 Å². The number of benzene rings is 2. The molecule has 3 heterocycles. The normalized spacial score (nSPS) is 17.6. The van der Waals surface area contributed by atoms with E-state index in [0.717, 1.165) is 21.5 Å². The number of aliphatic hydroxyl groups is 1. The Kier molecular flexibility index (Phi) is 5.58. The Balaban J connectivity index is 1.45. The molecule has 36 heavy (non-hydrogen) atoms. The lowest BCUT2D eigenvalue weighted by Crippen LogP contribution is -2.49. The highest BCUT2D eigenvalue weighted by Gasteiger charge is 2.37. The molecular formula is C28H28BClFNO3S. The minimum absolute atomic E-state index is 0.151. The summed E-state index contributed by atoms with van der Waals surface area (Å²) in [5.74, 6) is 0.771. The molecule has 186 valence electrons. The Morgan fingerprint density at radius 2 is 1.83 bits per heavy atom. The molecular weight excluding hydrogens is 496 g/mol. The molecule has 4 aromatic rings. The summed E-state index contributed by atoms with van der Waals surface area (Å²) in [6, 6.07) is 15.4. The first kappa shape index (κ1) is 24.0. The number of aromatic nitrogens is 1. The fraction of sp³-hybridized carbons (Fsp3) is 0.357. The lowest BCUT2D eigenvalue weighted by molar-refractivity contribution is -0.0893. The SMILES string of the molecule is CC(C)(O)C(C)(C)OBc1cc(F)c2c(c1)OC(c1ccc(C3CC3)s1)n1c-2cc2cc(Cl)ccc21. The monoisotopic (exact) mass is 523 g/mol. The van der Waals surface area contributed by atoms with Gasteiger partial charge in [0.1, 0.15) is 11.6 Å². The van der Waals surface area contributed by atoms with E-state index in [1.807, 2.05) is 44.2 Å². The van der Waals surface area contributed by atoms with Gasteiger partial charge >= 0.3 is 7.48 Å². The zero-order chi connectivity index (χ0) is 25.4. The maximum Gasteiger partial charge on any atom is 0.309 e. The van der Waals surface area contributed by atoms with Crippen LogP contribution in [-0.4, -0.2) is 28.4 Å². The summed E-state index contributed by atoms with van der Waals surface area (Å²) >= 11 is 8.06. The van der Waals surface area contributed by atoms with Crippen molar-refractivity contribution >= 4 is 46.8 Å². The second-order valence-electron chi connectivity index (χ2n) is 10.9. The van der Waals surface area contributed by atoms with Gasteiger partial charge in [-0.2, -0.15) is 0 Å². The number of ether oxygens (including phenoxy) is 1. The Morgan fingerprint density at radius 1 is 1.08 bits per heavy atom. The van der Waals surface area contributed by atoms with Crippen LogP contribution in [0.2, 0.25) is 5.02 Å². The summed E-state index contributed by atoms with van der Waals surface area (Å²) in [7, 11) is 0.151. The van der Waals surface area contributed by atoms with Gasteiger partial charge in [-0.15, -0.1) is 11.3 Å². The van der Waals surface area contributed by atoms with Crippen LogP contribution in [0.4, 0.5) is 4.39 Å². The molecule has 2 aromatic carbocycles. The van der Waals surface area contributed by atoms with E-state index in [4.69, 9.17) is 21.0 Å². The van der Waals surface area contributed by atoms with Crippen molar-refractivity contribution in [3.8, 4) is 17.0 Å². The maximum atomic E-state index is 15.7. The van der Waals surface area contributed by atoms with E-state index in [9.17, 15) is 5.11 Å². The van der Waals surface area contributed by atoms with Crippen LogP contribution in [0, 0.1) is 5.82 Å². The standard InChI is InChI=1S/C28H28BClFNO3S/c1-27(2,33)28(3,4)35-29-17-13-19(31)25-21-12-16-11-18(30)7-8-20(16)32(21)26(34-22(25)14-17)24-10-9-23(36-24)15-5-6-15/h7-15,26,29,33H,5-6H2,1-4H3. The Hall–Kier alpha value is -2.32. The summed E-state index contributed by atoms with van der Waals surface area (Å²) in [4.78, 5) is 2.46. The zero-order valence-corrected chi connectivity index (χ0v) is 22.3. The fourth-order valence-corrected chi connectivity index (χ4v) is 5.98. The molecule has 1 aliphatic heterocycles. The molecule has 0 amide bonds. The number of hydrogen-bond acceptors (Lipinski definition) is 4. The van der Waals surface area contributed by atoms with Crippen molar-refractivity contribution in [1.29, 1.82) is 0 Å². The van der Waals surface area contributed by atoms with Crippen molar-refractivity contribution in [2.24, 2.45) is 0 Å². The third kappa shape index (κ3) is 4.06. The lowest BCUT2D eigenvalue weighted by atomic mass is 9.82. The molecule has 8 heteroatoms.